The zero-order valence-corrected chi connectivity index (χ0v) is 21.3. The standard InChI is InChI=1S/C27H30ClN7O/c1-3-35-25-19(14-31-27(34-25)33-20-7-4-17(12-29)5-8-20)10-22(26(35)36)21-9-6-18(11-23(21)28)24-15-30-13-16(2)32-24/h6,9-11,13-15,17,20H,3-5,7-8,12,29H2,1-2H3,(H,31,33,34). The maximum absolute atomic E-state index is 13.5. The molecule has 0 bridgehead atoms. The fourth-order valence-electron chi connectivity index (χ4n) is 4.94. The summed E-state index contributed by atoms with van der Waals surface area (Å²) in [6.45, 7) is 5.06. The molecular weight excluding hydrogens is 474 g/mol. The lowest BCUT2D eigenvalue weighted by atomic mass is 9.86. The number of anilines is 1. The van der Waals surface area contributed by atoms with E-state index in [1.807, 2.05) is 38.1 Å². The van der Waals surface area contributed by atoms with Crippen molar-refractivity contribution in [1.29, 1.82) is 0 Å². The van der Waals surface area contributed by atoms with E-state index in [0.717, 1.165) is 54.6 Å². The highest BCUT2D eigenvalue weighted by molar-refractivity contribution is 6.33. The molecule has 0 amide bonds. The number of benzene rings is 1. The lowest BCUT2D eigenvalue weighted by Gasteiger charge is -2.28. The normalized spacial score (nSPS) is 17.9. The molecule has 3 heterocycles. The minimum absolute atomic E-state index is 0.136. The number of aryl methyl sites for hydroxylation is 2. The number of nitrogens with zero attached hydrogens (tertiary/aromatic N) is 5. The second kappa shape index (κ2) is 10.3. The predicted octanol–water partition coefficient (Wildman–Crippen LogP) is 4.83. The van der Waals surface area contributed by atoms with Gasteiger partial charge in [0.25, 0.3) is 5.56 Å². The Hall–Kier alpha value is -3.36. The molecule has 9 heteroatoms. The SMILES string of the molecule is CCn1c(=O)c(-c2ccc(-c3cncc(C)n3)cc2Cl)cc2cnc(NC3CCC(CN)CC3)nc21. The van der Waals surface area contributed by atoms with Crippen LogP contribution in [0.4, 0.5) is 5.95 Å². The van der Waals surface area contributed by atoms with E-state index >= 15 is 0 Å². The summed E-state index contributed by atoms with van der Waals surface area (Å²) in [6.07, 6.45) is 9.50. The van der Waals surface area contributed by atoms with Crippen LogP contribution < -0.4 is 16.6 Å². The highest BCUT2D eigenvalue weighted by Crippen LogP contribution is 2.32. The van der Waals surface area contributed by atoms with Crippen LogP contribution in [-0.2, 0) is 6.54 Å². The Morgan fingerprint density at radius 3 is 2.58 bits per heavy atom. The molecule has 0 unspecified atom stereocenters. The van der Waals surface area contributed by atoms with Gasteiger partial charge in [-0.25, -0.2) is 9.97 Å². The van der Waals surface area contributed by atoms with Gasteiger partial charge in [0, 0.05) is 52.1 Å². The van der Waals surface area contributed by atoms with E-state index in [0.29, 0.717) is 46.2 Å². The zero-order chi connectivity index (χ0) is 25.2. The molecular formula is C27H30ClN7O. The second-order valence-electron chi connectivity index (χ2n) is 9.42. The average molecular weight is 504 g/mol. The van der Waals surface area contributed by atoms with Crippen LogP contribution in [0.25, 0.3) is 33.4 Å². The molecule has 4 aromatic rings. The van der Waals surface area contributed by atoms with Gasteiger partial charge in [-0.1, -0.05) is 23.7 Å². The van der Waals surface area contributed by atoms with Crippen LogP contribution in [-0.4, -0.2) is 37.1 Å². The molecule has 0 saturated heterocycles. The third-order valence-electron chi connectivity index (χ3n) is 6.97. The van der Waals surface area contributed by atoms with Gasteiger partial charge in [0.2, 0.25) is 5.95 Å². The van der Waals surface area contributed by atoms with Gasteiger partial charge >= 0.3 is 0 Å². The molecule has 1 aliphatic rings. The number of fused-ring (bicyclic) bond motifs is 1. The summed E-state index contributed by atoms with van der Waals surface area (Å²) in [4.78, 5) is 31.5. The van der Waals surface area contributed by atoms with Crippen molar-refractivity contribution in [3.05, 3.63) is 63.9 Å². The van der Waals surface area contributed by atoms with E-state index in [9.17, 15) is 4.79 Å². The topological polar surface area (TPSA) is 112 Å². The fourth-order valence-corrected chi connectivity index (χ4v) is 5.22. The van der Waals surface area contributed by atoms with Crippen LogP contribution in [0.3, 0.4) is 0 Å². The molecule has 8 nitrogen and oxygen atoms in total. The molecule has 0 atom stereocenters. The van der Waals surface area contributed by atoms with Crippen molar-refractivity contribution in [1.82, 2.24) is 24.5 Å². The third-order valence-corrected chi connectivity index (χ3v) is 7.28. The van der Waals surface area contributed by atoms with Gasteiger partial charge in [-0.15, -0.1) is 0 Å². The Morgan fingerprint density at radius 1 is 1.08 bits per heavy atom. The van der Waals surface area contributed by atoms with Crippen LogP contribution in [0.15, 0.2) is 47.7 Å². The number of nitrogens with one attached hydrogen (secondary N) is 1. The average Bonchev–Trinajstić information content (AvgIpc) is 2.89. The fraction of sp³-hybridized carbons (Fsp3) is 0.370. The van der Waals surface area contributed by atoms with Crippen molar-refractivity contribution in [2.45, 2.75) is 52.1 Å². The van der Waals surface area contributed by atoms with Gasteiger partial charge in [0.15, 0.2) is 0 Å². The summed E-state index contributed by atoms with van der Waals surface area (Å²) in [5.74, 6) is 1.16. The number of halogens is 1. The number of hydrogen-bond donors (Lipinski definition) is 2. The number of pyridine rings is 1. The summed E-state index contributed by atoms with van der Waals surface area (Å²) in [7, 11) is 0. The molecule has 1 aromatic carbocycles. The Balaban J connectivity index is 1.48. The van der Waals surface area contributed by atoms with E-state index in [4.69, 9.17) is 22.3 Å². The Labute approximate surface area is 215 Å². The van der Waals surface area contributed by atoms with Gasteiger partial charge in [-0.05, 0) is 64.1 Å². The molecule has 186 valence electrons. The molecule has 0 radical (unpaired) electrons. The molecule has 36 heavy (non-hydrogen) atoms. The van der Waals surface area contributed by atoms with Gasteiger partial charge in [0.1, 0.15) is 5.65 Å². The highest BCUT2D eigenvalue weighted by Gasteiger charge is 2.21. The van der Waals surface area contributed by atoms with Crippen molar-refractivity contribution in [2.75, 3.05) is 11.9 Å². The maximum Gasteiger partial charge on any atom is 0.260 e. The first-order chi connectivity index (χ1) is 17.5. The quantitative estimate of drug-likeness (QED) is 0.387. The Morgan fingerprint density at radius 2 is 1.89 bits per heavy atom. The number of nitrogens with two attached hydrogens (primary N) is 1. The molecule has 1 fully saturated rings. The largest absolute Gasteiger partial charge is 0.351 e. The van der Waals surface area contributed by atoms with E-state index in [1.165, 1.54) is 0 Å². The lowest BCUT2D eigenvalue weighted by Crippen LogP contribution is -2.30. The summed E-state index contributed by atoms with van der Waals surface area (Å²) >= 11 is 6.68. The minimum atomic E-state index is -0.136. The number of aromatic nitrogens is 5. The Kier molecular flexibility index (Phi) is 6.98. The summed E-state index contributed by atoms with van der Waals surface area (Å²) in [6, 6.07) is 7.74. The summed E-state index contributed by atoms with van der Waals surface area (Å²) < 4.78 is 1.68. The van der Waals surface area contributed by atoms with E-state index in [-0.39, 0.29) is 5.56 Å². The molecule has 3 aromatic heterocycles. The van der Waals surface area contributed by atoms with Crippen LogP contribution in [0, 0.1) is 12.8 Å². The van der Waals surface area contributed by atoms with E-state index in [2.05, 4.69) is 20.3 Å². The van der Waals surface area contributed by atoms with E-state index in [1.54, 1.807) is 23.2 Å². The molecule has 5 rings (SSSR count). The van der Waals surface area contributed by atoms with Gasteiger partial charge < -0.3 is 11.1 Å². The van der Waals surface area contributed by atoms with Gasteiger partial charge in [-0.2, -0.15) is 4.98 Å². The van der Waals surface area contributed by atoms with Crippen molar-refractivity contribution in [3.8, 4) is 22.4 Å². The van der Waals surface area contributed by atoms with Crippen LogP contribution in [0.1, 0.15) is 38.3 Å². The second-order valence-corrected chi connectivity index (χ2v) is 9.83. The van der Waals surface area contributed by atoms with Gasteiger partial charge in [-0.3, -0.25) is 14.3 Å². The third kappa shape index (κ3) is 4.83. The number of hydrogen-bond acceptors (Lipinski definition) is 7. The van der Waals surface area contributed by atoms with Crippen molar-refractivity contribution >= 4 is 28.6 Å². The van der Waals surface area contributed by atoms with Crippen molar-refractivity contribution in [2.24, 2.45) is 11.7 Å². The molecule has 0 spiro atoms. The maximum atomic E-state index is 13.5. The smallest absolute Gasteiger partial charge is 0.260 e. The molecule has 0 aliphatic heterocycles. The summed E-state index contributed by atoms with van der Waals surface area (Å²) in [5, 5.41) is 4.72. The van der Waals surface area contributed by atoms with Gasteiger partial charge in [0.05, 0.1) is 17.6 Å². The number of rotatable bonds is 6. The lowest BCUT2D eigenvalue weighted by molar-refractivity contribution is 0.344. The summed E-state index contributed by atoms with van der Waals surface area (Å²) in [5.41, 5.74) is 9.88. The highest BCUT2D eigenvalue weighted by atomic mass is 35.5. The van der Waals surface area contributed by atoms with Crippen LogP contribution >= 0.6 is 11.6 Å². The van der Waals surface area contributed by atoms with Crippen molar-refractivity contribution < 1.29 is 0 Å². The first-order valence-electron chi connectivity index (χ1n) is 12.4. The van der Waals surface area contributed by atoms with Crippen LogP contribution in [0.5, 0.6) is 0 Å². The van der Waals surface area contributed by atoms with Crippen molar-refractivity contribution in [3.63, 3.8) is 0 Å². The Bertz CT molecular complexity index is 1460. The zero-order valence-electron chi connectivity index (χ0n) is 20.5. The minimum Gasteiger partial charge on any atom is -0.351 e. The molecule has 1 saturated carbocycles. The predicted molar refractivity (Wildman–Crippen MR) is 144 cm³/mol. The first kappa shape index (κ1) is 24.3. The molecule has 1 aliphatic carbocycles. The van der Waals surface area contributed by atoms with Crippen LogP contribution in [0.2, 0.25) is 5.02 Å². The monoisotopic (exact) mass is 503 g/mol. The van der Waals surface area contributed by atoms with E-state index < -0.39 is 0 Å². The first-order valence-corrected chi connectivity index (χ1v) is 12.8. The molecule has 3 N–H and O–H groups in total.